The highest BCUT2D eigenvalue weighted by molar-refractivity contribution is 6.07. The zero-order valence-electron chi connectivity index (χ0n) is 35.7. The number of nitrogens with zero attached hydrogens (tertiary/aromatic N) is 1. The SMILES string of the molecule is CC1(C)c2cc(N(c3ccc4c(c3)C(c3ccccc3)(c3ccccc3)c3ccccc3-4)c3ccccc3-c3ccc4oc5ccccc5c4c3)ccc2-c2ccc3ccccc3c21. The van der Waals surface area contributed by atoms with Gasteiger partial charge in [-0.3, -0.25) is 0 Å². The lowest BCUT2D eigenvalue weighted by Crippen LogP contribution is -2.28. The number of benzene rings is 10. The standard InChI is InChI=1S/C62H43NO/c1-61(2)55-38-44(32-35-50(55)52-33-29-40-17-9-10-23-47(40)60(52)61)63(57-27-15-12-22-46(57)41-30-36-59-53(37-41)51-25-13-16-28-58(51)64-59)45-31-34-49-48-24-11-14-26-54(48)62(56(49)39-45,42-18-5-3-6-19-42)43-20-7-4-8-21-43/h3-39H,1-2H3. The smallest absolute Gasteiger partial charge is 0.135 e. The van der Waals surface area contributed by atoms with Crippen molar-refractivity contribution in [1.82, 2.24) is 0 Å². The second-order valence-corrected chi connectivity index (χ2v) is 18.0. The van der Waals surface area contributed by atoms with E-state index in [1.54, 1.807) is 0 Å². The molecule has 0 bridgehead atoms. The second-order valence-electron chi connectivity index (χ2n) is 18.0. The summed E-state index contributed by atoms with van der Waals surface area (Å²) in [6.45, 7) is 4.80. The number of furan rings is 1. The lowest BCUT2D eigenvalue weighted by Gasteiger charge is -2.35. The molecule has 64 heavy (non-hydrogen) atoms. The van der Waals surface area contributed by atoms with Crippen LogP contribution in [0.1, 0.15) is 47.2 Å². The van der Waals surface area contributed by atoms with Crippen molar-refractivity contribution in [1.29, 1.82) is 0 Å². The molecule has 0 amide bonds. The van der Waals surface area contributed by atoms with E-state index in [0.29, 0.717) is 0 Å². The summed E-state index contributed by atoms with van der Waals surface area (Å²) in [5.41, 5.74) is 19.6. The number of fused-ring (bicyclic) bond motifs is 11. The van der Waals surface area contributed by atoms with E-state index in [-0.39, 0.29) is 5.41 Å². The van der Waals surface area contributed by atoms with Crippen molar-refractivity contribution in [3.05, 3.63) is 258 Å². The molecule has 2 aliphatic carbocycles. The van der Waals surface area contributed by atoms with Crippen LogP contribution in [0.15, 0.2) is 229 Å². The van der Waals surface area contributed by atoms with Crippen molar-refractivity contribution in [3.63, 3.8) is 0 Å². The van der Waals surface area contributed by atoms with Gasteiger partial charge in [-0.05, 0) is 121 Å². The summed E-state index contributed by atoms with van der Waals surface area (Å²) in [4.78, 5) is 2.51. The number of hydrogen-bond donors (Lipinski definition) is 0. The molecule has 2 aliphatic rings. The summed E-state index contributed by atoms with van der Waals surface area (Å²) in [5.74, 6) is 0. The Morgan fingerprint density at radius 2 is 0.938 bits per heavy atom. The Labute approximate surface area is 373 Å². The molecule has 0 aliphatic heterocycles. The van der Waals surface area contributed by atoms with Crippen LogP contribution in [-0.4, -0.2) is 0 Å². The van der Waals surface area contributed by atoms with Gasteiger partial charge in [0.05, 0.1) is 11.1 Å². The number of anilines is 3. The lowest BCUT2D eigenvalue weighted by molar-refractivity contribution is 0.666. The molecule has 2 heteroatoms. The first kappa shape index (κ1) is 36.7. The molecule has 302 valence electrons. The summed E-state index contributed by atoms with van der Waals surface area (Å²) in [6, 6.07) is 82.9. The molecule has 0 unspecified atom stereocenters. The molecule has 1 heterocycles. The van der Waals surface area contributed by atoms with Gasteiger partial charge in [-0.15, -0.1) is 0 Å². The minimum absolute atomic E-state index is 0.227. The Kier molecular flexibility index (Phi) is 7.90. The molecule has 1 aromatic heterocycles. The van der Waals surface area contributed by atoms with Crippen LogP contribution < -0.4 is 4.90 Å². The van der Waals surface area contributed by atoms with Gasteiger partial charge in [-0.25, -0.2) is 0 Å². The summed E-state index contributed by atoms with van der Waals surface area (Å²) < 4.78 is 6.33. The van der Waals surface area contributed by atoms with Gasteiger partial charge in [0, 0.05) is 33.1 Å². The molecule has 10 aromatic carbocycles. The fourth-order valence-corrected chi connectivity index (χ4v) is 11.5. The number of hydrogen-bond acceptors (Lipinski definition) is 2. The molecular formula is C62H43NO. The largest absolute Gasteiger partial charge is 0.456 e. The summed E-state index contributed by atoms with van der Waals surface area (Å²) >= 11 is 0. The monoisotopic (exact) mass is 817 g/mol. The highest BCUT2D eigenvalue weighted by atomic mass is 16.3. The molecule has 0 spiro atoms. The third-order valence-corrected chi connectivity index (χ3v) is 14.3. The molecule has 0 fully saturated rings. The van der Waals surface area contributed by atoms with Crippen molar-refractivity contribution < 1.29 is 4.42 Å². The average Bonchev–Trinajstić information content (AvgIpc) is 3.95. The summed E-state index contributed by atoms with van der Waals surface area (Å²) in [7, 11) is 0. The Hall–Kier alpha value is -7.94. The van der Waals surface area contributed by atoms with Gasteiger partial charge in [0.15, 0.2) is 0 Å². The van der Waals surface area contributed by atoms with Crippen molar-refractivity contribution in [2.75, 3.05) is 4.90 Å². The fraction of sp³-hybridized carbons (Fsp3) is 0.0645. The topological polar surface area (TPSA) is 16.4 Å². The van der Waals surface area contributed by atoms with Gasteiger partial charge in [0.25, 0.3) is 0 Å². The molecule has 13 rings (SSSR count). The first-order valence-corrected chi connectivity index (χ1v) is 22.3. The van der Waals surface area contributed by atoms with Gasteiger partial charge in [-0.2, -0.15) is 0 Å². The zero-order valence-corrected chi connectivity index (χ0v) is 35.7. The predicted molar refractivity (Wildman–Crippen MR) is 266 cm³/mol. The Morgan fingerprint density at radius 3 is 1.70 bits per heavy atom. The molecule has 11 aromatic rings. The van der Waals surface area contributed by atoms with E-state index < -0.39 is 5.41 Å². The minimum Gasteiger partial charge on any atom is -0.456 e. The first-order valence-electron chi connectivity index (χ1n) is 22.3. The highest BCUT2D eigenvalue weighted by Crippen LogP contribution is 2.58. The highest BCUT2D eigenvalue weighted by Gasteiger charge is 2.46. The van der Waals surface area contributed by atoms with Crippen molar-refractivity contribution in [2.24, 2.45) is 0 Å². The van der Waals surface area contributed by atoms with Gasteiger partial charge < -0.3 is 9.32 Å². The third kappa shape index (κ3) is 5.14. The molecule has 0 atom stereocenters. The predicted octanol–water partition coefficient (Wildman–Crippen LogP) is 16.5. The van der Waals surface area contributed by atoms with E-state index in [1.165, 1.54) is 66.4 Å². The zero-order chi connectivity index (χ0) is 42.6. The Morgan fingerprint density at radius 1 is 0.375 bits per heavy atom. The van der Waals surface area contributed by atoms with Crippen molar-refractivity contribution >= 4 is 49.8 Å². The lowest BCUT2D eigenvalue weighted by atomic mass is 9.67. The first-order chi connectivity index (χ1) is 31.5. The van der Waals surface area contributed by atoms with E-state index in [1.807, 2.05) is 6.07 Å². The van der Waals surface area contributed by atoms with E-state index in [2.05, 4.69) is 237 Å². The number of rotatable bonds is 6. The number of para-hydroxylation sites is 2. The molecule has 0 radical (unpaired) electrons. The molecule has 0 N–H and O–H groups in total. The van der Waals surface area contributed by atoms with Crippen LogP contribution in [0.5, 0.6) is 0 Å². The summed E-state index contributed by atoms with van der Waals surface area (Å²) in [5, 5.41) is 4.84. The Balaban J connectivity index is 1.08. The normalized spacial score (nSPS) is 14.0. The van der Waals surface area contributed by atoms with Gasteiger partial charge in [-0.1, -0.05) is 190 Å². The van der Waals surface area contributed by atoms with Crippen LogP contribution in [-0.2, 0) is 10.8 Å². The van der Waals surface area contributed by atoms with Crippen LogP contribution >= 0.6 is 0 Å². The fourth-order valence-electron chi connectivity index (χ4n) is 11.5. The van der Waals surface area contributed by atoms with Gasteiger partial charge in [0.1, 0.15) is 11.2 Å². The van der Waals surface area contributed by atoms with Crippen molar-refractivity contribution in [3.8, 4) is 33.4 Å². The molecule has 2 nitrogen and oxygen atoms in total. The quantitative estimate of drug-likeness (QED) is 0.166. The third-order valence-electron chi connectivity index (χ3n) is 14.3. The summed E-state index contributed by atoms with van der Waals surface area (Å²) in [6.07, 6.45) is 0. The van der Waals surface area contributed by atoms with E-state index >= 15 is 0 Å². The minimum atomic E-state index is -0.536. The van der Waals surface area contributed by atoms with Gasteiger partial charge in [0.2, 0.25) is 0 Å². The molecular weight excluding hydrogens is 775 g/mol. The average molecular weight is 818 g/mol. The van der Waals surface area contributed by atoms with Crippen LogP contribution in [0.25, 0.3) is 66.1 Å². The van der Waals surface area contributed by atoms with Crippen molar-refractivity contribution in [2.45, 2.75) is 24.7 Å². The van der Waals surface area contributed by atoms with E-state index in [9.17, 15) is 0 Å². The maximum atomic E-state index is 6.33. The second kappa shape index (κ2) is 13.8. The molecule has 0 saturated carbocycles. The van der Waals surface area contributed by atoms with Crippen LogP contribution in [0.4, 0.5) is 17.1 Å². The molecule has 0 saturated heterocycles. The van der Waals surface area contributed by atoms with Crippen LogP contribution in [0.3, 0.4) is 0 Å². The van der Waals surface area contributed by atoms with E-state index in [0.717, 1.165) is 50.1 Å². The van der Waals surface area contributed by atoms with Gasteiger partial charge >= 0.3 is 0 Å². The van der Waals surface area contributed by atoms with E-state index in [4.69, 9.17) is 4.42 Å². The van der Waals surface area contributed by atoms with Crippen LogP contribution in [0, 0.1) is 0 Å². The maximum absolute atomic E-state index is 6.33. The Bertz CT molecular complexity index is 3610. The van der Waals surface area contributed by atoms with Crippen LogP contribution in [0.2, 0.25) is 0 Å². The maximum Gasteiger partial charge on any atom is 0.135 e.